The third-order valence-corrected chi connectivity index (χ3v) is 3.19. The first-order chi connectivity index (χ1) is 9.61. The smallest absolute Gasteiger partial charge is 0.140 e. The first-order valence-electron chi connectivity index (χ1n) is 7.15. The van der Waals surface area contributed by atoms with Gasteiger partial charge < -0.3 is 9.88 Å². The number of hydrogen-bond acceptors (Lipinski definition) is 2. The van der Waals surface area contributed by atoms with Gasteiger partial charge >= 0.3 is 0 Å². The summed E-state index contributed by atoms with van der Waals surface area (Å²) in [4.78, 5) is 4.40. The van der Waals surface area contributed by atoms with Crippen molar-refractivity contribution in [2.75, 3.05) is 0 Å². The average molecular weight is 275 g/mol. The van der Waals surface area contributed by atoms with Gasteiger partial charge in [-0.15, -0.1) is 0 Å². The second-order valence-electron chi connectivity index (χ2n) is 5.28. The standard InChI is InChI=1S/C16H22FN3/c1-4-8-20-9-7-18-16(20)15-10-14(17)6-5-13(15)11-19-12(2)3/h5-7,9-10,12,19H,4,8,11H2,1-3H3. The maximum absolute atomic E-state index is 13.6. The largest absolute Gasteiger partial charge is 0.331 e. The molecule has 0 spiro atoms. The number of rotatable bonds is 6. The van der Waals surface area contributed by atoms with E-state index in [-0.39, 0.29) is 5.82 Å². The zero-order chi connectivity index (χ0) is 14.5. The summed E-state index contributed by atoms with van der Waals surface area (Å²) in [5, 5.41) is 3.38. The Morgan fingerprint density at radius 3 is 2.85 bits per heavy atom. The molecule has 0 atom stereocenters. The Kier molecular flexibility index (Phi) is 4.90. The van der Waals surface area contributed by atoms with E-state index in [2.05, 4.69) is 35.6 Å². The van der Waals surface area contributed by atoms with Crippen molar-refractivity contribution in [2.24, 2.45) is 0 Å². The highest BCUT2D eigenvalue weighted by Crippen LogP contribution is 2.24. The van der Waals surface area contributed by atoms with Gasteiger partial charge in [0.1, 0.15) is 11.6 Å². The maximum atomic E-state index is 13.6. The molecule has 1 aromatic heterocycles. The zero-order valence-electron chi connectivity index (χ0n) is 12.4. The minimum atomic E-state index is -0.223. The molecule has 0 unspecified atom stereocenters. The van der Waals surface area contributed by atoms with Crippen LogP contribution in [0.4, 0.5) is 4.39 Å². The highest BCUT2D eigenvalue weighted by Gasteiger charge is 2.12. The summed E-state index contributed by atoms with van der Waals surface area (Å²) in [6.45, 7) is 7.92. The molecule has 2 rings (SSSR count). The predicted octanol–water partition coefficient (Wildman–Crippen LogP) is 3.60. The molecule has 0 bridgehead atoms. The first kappa shape index (κ1) is 14.7. The molecular weight excluding hydrogens is 253 g/mol. The van der Waals surface area contributed by atoms with Crippen molar-refractivity contribution < 1.29 is 4.39 Å². The van der Waals surface area contributed by atoms with E-state index < -0.39 is 0 Å². The van der Waals surface area contributed by atoms with Crippen molar-refractivity contribution in [1.29, 1.82) is 0 Å². The van der Waals surface area contributed by atoms with Crippen LogP contribution in [-0.4, -0.2) is 15.6 Å². The molecule has 2 aromatic rings. The van der Waals surface area contributed by atoms with E-state index in [0.29, 0.717) is 12.6 Å². The molecule has 0 saturated heterocycles. The fraction of sp³-hybridized carbons (Fsp3) is 0.438. The van der Waals surface area contributed by atoms with Gasteiger partial charge in [-0.1, -0.05) is 26.8 Å². The van der Waals surface area contributed by atoms with Crippen LogP contribution in [-0.2, 0) is 13.1 Å². The SMILES string of the molecule is CCCn1ccnc1-c1cc(F)ccc1CNC(C)C. The van der Waals surface area contributed by atoms with Gasteiger partial charge in [0.15, 0.2) is 0 Å². The molecule has 0 fully saturated rings. The summed E-state index contributed by atoms with van der Waals surface area (Å²) >= 11 is 0. The van der Waals surface area contributed by atoms with Gasteiger partial charge in [0, 0.05) is 37.1 Å². The van der Waals surface area contributed by atoms with Crippen LogP contribution >= 0.6 is 0 Å². The fourth-order valence-electron chi connectivity index (χ4n) is 2.20. The number of aryl methyl sites for hydroxylation is 1. The van der Waals surface area contributed by atoms with Gasteiger partial charge in [0.25, 0.3) is 0 Å². The van der Waals surface area contributed by atoms with Gasteiger partial charge in [-0.2, -0.15) is 0 Å². The maximum Gasteiger partial charge on any atom is 0.140 e. The Morgan fingerprint density at radius 1 is 1.35 bits per heavy atom. The minimum Gasteiger partial charge on any atom is -0.331 e. The molecule has 3 nitrogen and oxygen atoms in total. The molecule has 1 N–H and O–H groups in total. The highest BCUT2D eigenvalue weighted by molar-refractivity contribution is 5.61. The topological polar surface area (TPSA) is 29.9 Å². The number of nitrogens with one attached hydrogen (secondary N) is 1. The van der Waals surface area contributed by atoms with E-state index >= 15 is 0 Å². The fourth-order valence-corrected chi connectivity index (χ4v) is 2.20. The molecule has 0 radical (unpaired) electrons. The van der Waals surface area contributed by atoms with Gasteiger partial charge in [-0.05, 0) is 24.1 Å². The van der Waals surface area contributed by atoms with E-state index in [1.54, 1.807) is 12.3 Å². The quantitative estimate of drug-likeness (QED) is 0.873. The van der Waals surface area contributed by atoms with E-state index in [9.17, 15) is 4.39 Å². The molecule has 1 aromatic carbocycles. The van der Waals surface area contributed by atoms with Crippen LogP contribution in [0.1, 0.15) is 32.8 Å². The van der Waals surface area contributed by atoms with Crippen molar-refractivity contribution in [3.8, 4) is 11.4 Å². The molecule has 1 heterocycles. The number of nitrogens with zero attached hydrogens (tertiary/aromatic N) is 2. The third kappa shape index (κ3) is 3.45. The van der Waals surface area contributed by atoms with Gasteiger partial charge in [0.05, 0.1) is 0 Å². The summed E-state index contributed by atoms with van der Waals surface area (Å²) in [5.74, 6) is 0.617. The monoisotopic (exact) mass is 275 g/mol. The number of halogens is 1. The summed E-state index contributed by atoms with van der Waals surface area (Å²) in [5.41, 5.74) is 1.94. The summed E-state index contributed by atoms with van der Waals surface area (Å²) in [7, 11) is 0. The molecule has 0 aliphatic rings. The Morgan fingerprint density at radius 2 is 2.15 bits per heavy atom. The van der Waals surface area contributed by atoms with Crippen molar-refractivity contribution >= 4 is 0 Å². The van der Waals surface area contributed by atoms with Gasteiger partial charge in [-0.3, -0.25) is 0 Å². The summed E-state index contributed by atoms with van der Waals surface area (Å²) < 4.78 is 15.7. The second kappa shape index (κ2) is 6.66. The Balaban J connectivity index is 2.37. The lowest BCUT2D eigenvalue weighted by Gasteiger charge is -2.14. The van der Waals surface area contributed by atoms with Crippen LogP contribution in [0.15, 0.2) is 30.6 Å². The molecule has 20 heavy (non-hydrogen) atoms. The predicted molar refractivity (Wildman–Crippen MR) is 79.9 cm³/mol. The molecule has 4 heteroatoms. The van der Waals surface area contributed by atoms with Crippen molar-refractivity contribution in [1.82, 2.24) is 14.9 Å². The lowest BCUT2D eigenvalue weighted by atomic mass is 10.1. The van der Waals surface area contributed by atoms with E-state index in [1.165, 1.54) is 6.07 Å². The molecule has 0 aliphatic carbocycles. The number of imidazole rings is 1. The van der Waals surface area contributed by atoms with E-state index in [0.717, 1.165) is 29.9 Å². The van der Waals surface area contributed by atoms with Crippen LogP contribution in [0.25, 0.3) is 11.4 Å². The zero-order valence-corrected chi connectivity index (χ0v) is 12.4. The van der Waals surface area contributed by atoms with Crippen LogP contribution < -0.4 is 5.32 Å². The van der Waals surface area contributed by atoms with Gasteiger partial charge in [-0.25, -0.2) is 9.37 Å². The van der Waals surface area contributed by atoms with Crippen LogP contribution in [0.5, 0.6) is 0 Å². The summed E-state index contributed by atoms with van der Waals surface area (Å²) in [6, 6.07) is 5.31. The van der Waals surface area contributed by atoms with E-state index in [1.807, 2.05) is 12.3 Å². The van der Waals surface area contributed by atoms with Crippen molar-refractivity contribution in [2.45, 2.75) is 46.3 Å². The summed E-state index contributed by atoms with van der Waals surface area (Å²) in [6.07, 6.45) is 4.75. The lowest BCUT2D eigenvalue weighted by Crippen LogP contribution is -2.22. The van der Waals surface area contributed by atoms with Gasteiger partial charge in [0.2, 0.25) is 0 Å². The molecule has 108 valence electrons. The third-order valence-electron chi connectivity index (χ3n) is 3.19. The minimum absolute atomic E-state index is 0.223. The van der Waals surface area contributed by atoms with Crippen LogP contribution in [0.2, 0.25) is 0 Å². The Bertz CT molecular complexity index is 561. The van der Waals surface area contributed by atoms with Crippen molar-refractivity contribution in [3.05, 3.63) is 42.0 Å². The molecular formula is C16H22FN3. The average Bonchev–Trinajstić information content (AvgIpc) is 2.85. The lowest BCUT2D eigenvalue weighted by molar-refractivity contribution is 0.586. The number of benzene rings is 1. The number of hydrogen-bond donors (Lipinski definition) is 1. The number of aromatic nitrogens is 2. The molecule has 0 amide bonds. The van der Waals surface area contributed by atoms with E-state index in [4.69, 9.17) is 0 Å². The normalized spacial score (nSPS) is 11.2. The first-order valence-corrected chi connectivity index (χ1v) is 7.15. The second-order valence-corrected chi connectivity index (χ2v) is 5.28. The molecule has 0 saturated carbocycles. The highest BCUT2D eigenvalue weighted by atomic mass is 19.1. The van der Waals surface area contributed by atoms with Crippen LogP contribution in [0, 0.1) is 5.82 Å². The Labute approximate surface area is 119 Å². The molecule has 0 aliphatic heterocycles. The van der Waals surface area contributed by atoms with Crippen molar-refractivity contribution in [3.63, 3.8) is 0 Å². The van der Waals surface area contributed by atoms with Crippen LogP contribution in [0.3, 0.4) is 0 Å². The Hall–Kier alpha value is -1.68.